The summed E-state index contributed by atoms with van der Waals surface area (Å²) >= 11 is 6.03. The number of anilines is 1. The Morgan fingerprint density at radius 3 is 2.48 bits per heavy atom. The minimum absolute atomic E-state index is 0.00386. The van der Waals surface area contributed by atoms with Crippen LogP contribution in [0.2, 0.25) is 5.02 Å². The Morgan fingerprint density at radius 1 is 1.17 bits per heavy atom. The third-order valence-electron chi connectivity index (χ3n) is 4.71. The zero-order valence-corrected chi connectivity index (χ0v) is 17.9. The number of hydrogen-bond donors (Lipinski definition) is 1. The van der Waals surface area contributed by atoms with Gasteiger partial charge in [-0.25, -0.2) is 8.42 Å². The first-order valence-corrected chi connectivity index (χ1v) is 11.6. The molecule has 154 valence electrons. The average Bonchev–Trinajstić information content (AvgIpc) is 3.52. The SMILES string of the molecule is CCCN(CC1CC1)C(=O)C=Cc1ccc(S(=O)(=O)Nc2ccccc2Cl)cc1. The van der Waals surface area contributed by atoms with Crippen LogP contribution in [0, 0.1) is 5.92 Å². The van der Waals surface area contributed by atoms with E-state index in [-0.39, 0.29) is 10.8 Å². The van der Waals surface area contributed by atoms with Crippen molar-refractivity contribution in [3.05, 3.63) is 65.2 Å². The largest absolute Gasteiger partial charge is 0.339 e. The van der Waals surface area contributed by atoms with E-state index in [2.05, 4.69) is 11.6 Å². The van der Waals surface area contributed by atoms with Gasteiger partial charge in [-0.15, -0.1) is 0 Å². The molecule has 0 unspecified atom stereocenters. The lowest BCUT2D eigenvalue weighted by atomic mass is 10.2. The first-order chi connectivity index (χ1) is 13.9. The van der Waals surface area contributed by atoms with Crippen LogP contribution in [0.3, 0.4) is 0 Å². The highest BCUT2D eigenvalue weighted by Crippen LogP contribution is 2.30. The predicted octanol–water partition coefficient (Wildman–Crippen LogP) is 4.80. The van der Waals surface area contributed by atoms with Gasteiger partial charge in [-0.1, -0.05) is 42.8 Å². The predicted molar refractivity (Wildman–Crippen MR) is 117 cm³/mol. The van der Waals surface area contributed by atoms with Crippen molar-refractivity contribution >= 4 is 39.3 Å². The Kier molecular flexibility index (Phi) is 6.98. The van der Waals surface area contributed by atoms with Crippen molar-refractivity contribution in [1.29, 1.82) is 0 Å². The monoisotopic (exact) mass is 432 g/mol. The first kappa shape index (κ1) is 21.4. The number of hydrogen-bond acceptors (Lipinski definition) is 3. The number of nitrogens with one attached hydrogen (secondary N) is 1. The Morgan fingerprint density at radius 2 is 1.86 bits per heavy atom. The fourth-order valence-corrected chi connectivity index (χ4v) is 4.27. The van der Waals surface area contributed by atoms with E-state index in [0.717, 1.165) is 25.1 Å². The maximum Gasteiger partial charge on any atom is 0.261 e. The molecule has 1 saturated carbocycles. The Bertz CT molecular complexity index is 983. The van der Waals surface area contributed by atoms with Crippen molar-refractivity contribution < 1.29 is 13.2 Å². The number of halogens is 1. The van der Waals surface area contributed by atoms with E-state index in [4.69, 9.17) is 11.6 Å². The molecule has 0 radical (unpaired) electrons. The minimum Gasteiger partial charge on any atom is -0.339 e. The lowest BCUT2D eigenvalue weighted by Gasteiger charge is -2.20. The van der Waals surface area contributed by atoms with Crippen molar-refractivity contribution in [1.82, 2.24) is 4.90 Å². The second kappa shape index (κ2) is 9.46. The third kappa shape index (κ3) is 6.08. The summed E-state index contributed by atoms with van der Waals surface area (Å²) in [5.74, 6) is 0.643. The fraction of sp³-hybridized carbons (Fsp3) is 0.318. The number of carbonyl (C=O) groups is 1. The number of sulfonamides is 1. The normalized spacial score (nSPS) is 14.1. The van der Waals surface area contributed by atoms with E-state index in [1.807, 2.05) is 4.90 Å². The zero-order valence-electron chi connectivity index (χ0n) is 16.3. The summed E-state index contributed by atoms with van der Waals surface area (Å²) in [5, 5.41) is 0.331. The van der Waals surface area contributed by atoms with Crippen LogP contribution in [0.5, 0.6) is 0 Å². The van der Waals surface area contributed by atoms with Gasteiger partial charge in [0.1, 0.15) is 0 Å². The molecule has 5 nitrogen and oxygen atoms in total. The summed E-state index contributed by atoms with van der Waals surface area (Å²) in [4.78, 5) is 14.5. The van der Waals surface area contributed by atoms with Gasteiger partial charge in [0, 0.05) is 19.2 Å². The lowest BCUT2D eigenvalue weighted by molar-refractivity contribution is -0.126. The fourth-order valence-electron chi connectivity index (χ4n) is 2.95. The maximum atomic E-state index is 12.6. The van der Waals surface area contributed by atoms with Crippen LogP contribution in [0.4, 0.5) is 5.69 Å². The number of rotatable bonds is 9. The topological polar surface area (TPSA) is 66.5 Å². The van der Waals surface area contributed by atoms with Gasteiger partial charge < -0.3 is 4.90 Å². The van der Waals surface area contributed by atoms with E-state index in [1.54, 1.807) is 48.6 Å². The number of para-hydroxylation sites is 1. The lowest BCUT2D eigenvalue weighted by Crippen LogP contribution is -2.32. The molecule has 29 heavy (non-hydrogen) atoms. The van der Waals surface area contributed by atoms with E-state index in [9.17, 15) is 13.2 Å². The van der Waals surface area contributed by atoms with Crippen LogP contribution in [0.15, 0.2) is 59.5 Å². The van der Waals surface area contributed by atoms with Gasteiger partial charge in [-0.2, -0.15) is 0 Å². The highest BCUT2D eigenvalue weighted by molar-refractivity contribution is 7.92. The summed E-state index contributed by atoms with van der Waals surface area (Å²) in [6.07, 6.45) is 6.61. The van der Waals surface area contributed by atoms with Gasteiger partial charge in [0.2, 0.25) is 5.91 Å². The summed E-state index contributed by atoms with van der Waals surface area (Å²) in [5.41, 5.74) is 1.09. The van der Waals surface area contributed by atoms with Crippen molar-refractivity contribution in [3.8, 4) is 0 Å². The average molecular weight is 433 g/mol. The van der Waals surface area contributed by atoms with Gasteiger partial charge >= 0.3 is 0 Å². The van der Waals surface area contributed by atoms with Gasteiger partial charge in [0.05, 0.1) is 15.6 Å². The van der Waals surface area contributed by atoms with Gasteiger partial charge in [0.15, 0.2) is 0 Å². The Balaban J connectivity index is 1.66. The molecule has 1 amide bonds. The second-order valence-corrected chi connectivity index (χ2v) is 9.30. The van der Waals surface area contributed by atoms with Crippen molar-refractivity contribution in [2.45, 2.75) is 31.1 Å². The molecule has 1 aliphatic carbocycles. The van der Waals surface area contributed by atoms with Gasteiger partial charge in [-0.3, -0.25) is 9.52 Å². The van der Waals surface area contributed by atoms with Crippen LogP contribution < -0.4 is 4.72 Å². The number of benzene rings is 2. The number of nitrogens with zero attached hydrogens (tertiary/aromatic N) is 1. The van der Waals surface area contributed by atoms with Crippen LogP contribution in [-0.4, -0.2) is 32.3 Å². The quantitative estimate of drug-likeness (QED) is 0.578. The molecular formula is C22H25ClN2O3S. The molecule has 2 aromatic carbocycles. The van der Waals surface area contributed by atoms with E-state index in [0.29, 0.717) is 16.6 Å². The van der Waals surface area contributed by atoms with E-state index in [1.165, 1.54) is 25.0 Å². The zero-order chi connectivity index (χ0) is 20.9. The summed E-state index contributed by atoms with van der Waals surface area (Å²) in [6, 6.07) is 13.0. The number of amides is 1. The summed E-state index contributed by atoms with van der Waals surface area (Å²) in [7, 11) is -3.74. The molecule has 2 aromatic rings. The highest BCUT2D eigenvalue weighted by Gasteiger charge is 2.25. The second-order valence-electron chi connectivity index (χ2n) is 7.22. The molecule has 0 spiro atoms. The molecular weight excluding hydrogens is 408 g/mol. The van der Waals surface area contributed by atoms with Crippen LogP contribution in [-0.2, 0) is 14.8 Å². The molecule has 1 aliphatic rings. The molecule has 0 atom stereocenters. The van der Waals surface area contributed by atoms with Crippen molar-refractivity contribution in [2.75, 3.05) is 17.8 Å². The number of carbonyl (C=O) groups excluding carboxylic acids is 1. The molecule has 0 heterocycles. The molecule has 1 fully saturated rings. The molecule has 1 N–H and O–H groups in total. The third-order valence-corrected chi connectivity index (χ3v) is 6.42. The molecule has 3 rings (SSSR count). The maximum absolute atomic E-state index is 12.6. The summed E-state index contributed by atoms with van der Waals surface area (Å²) < 4.78 is 27.6. The van der Waals surface area contributed by atoms with Crippen LogP contribution in [0.1, 0.15) is 31.7 Å². The minimum atomic E-state index is -3.74. The smallest absolute Gasteiger partial charge is 0.261 e. The van der Waals surface area contributed by atoms with E-state index >= 15 is 0 Å². The van der Waals surface area contributed by atoms with Gasteiger partial charge in [0.25, 0.3) is 10.0 Å². The Hall–Kier alpha value is -2.31. The summed E-state index contributed by atoms with van der Waals surface area (Å²) in [6.45, 7) is 3.64. The van der Waals surface area contributed by atoms with Gasteiger partial charge in [-0.05, 0) is 61.1 Å². The standard InChI is InChI=1S/C22H25ClN2O3S/c1-2-15-25(16-18-7-8-18)22(26)14-11-17-9-12-19(13-10-17)29(27,28)24-21-6-4-3-5-20(21)23/h3-6,9-14,18,24H,2,7-8,15-16H2,1H3. The van der Waals surface area contributed by atoms with Crippen LogP contribution >= 0.6 is 11.6 Å². The van der Waals surface area contributed by atoms with E-state index < -0.39 is 10.0 Å². The molecule has 7 heteroatoms. The van der Waals surface area contributed by atoms with Crippen molar-refractivity contribution in [2.24, 2.45) is 5.92 Å². The Labute approximate surface area is 177 Å². The van der Waals surface area contributed by atoms with Crippen LogP contribution in [0.25, 0.3) is 6.08 Å². The molecule has 0 aliphatic heterocycles. The first-order valence-electron chi connectivity index (χ1n) is 9.73. The highest BCUT2D eigenvalue weighted by atomic mass is 35.5. The molecule has 0 saturated heterocycles. The molecule has 0 bridgehead atoms. The molecule has 0 aromatic heterocycles. The van der Waals surface area contributed by atoms with Crippen molar-refractivity contribution in [3.63, 3.8) is 0 Å².